The Balaban J connectivity index is 1.87. The molecule has 0 unspecified atom stereocenters. The van der Waals surface area contributed by atoms with E-state index >= 15 is 0 Å². The maximum Gasteiger partial charge on any atom is 0.309 e. The molecule has 1 fully saturated rings. The fourth-order valence-corrected chi connectivity index (χ4v) is 9.18. The second-order valence-electron chi connectivity index (χ2n) is 20.4. The molecule has 1 aromatic carbocycles. The number of terminal acetylenes is 1. The average Bonchev–Trinajstić information content (AvgIpc) is 3.83. The van der Waals surface area contributed by atoms with Crippen molar-refractivity contribution in [2.45, 2.75) is 176 Å². The Bertz CT molecular complexity index is 2240. The Morgan fingerprint density at radius 2 is 1.67 bits per heavy atom. The predicted molar refractivity (Wildman–Crippen MR) is 278 cm³/mol. The summed E-state index contributed by atoms with van der Waals surface area (Å²) in [5.41, 5.74) is 5.49. The number of carboxylic acid groups (broad SMARTS) is 1. The number of nitrogens with two attached hydrogens (primary N) is 1. The van der Waals surface area contributed by atoms with E-state index in [1.54, 1.807) is 45.0 Å². The molecule has 2 aromatic rings. The van der Waals surface area contributed by atoms with Crippen molar-refractivity contribution in [2.75, 3.05) is 25.5 Å². The summed E-state index contributed by atoms with van der Waals surface area (Å²) in [6.45, 7) is 17.5. The van der Waals surface area contributed by atoms with Gasteiger partial charge in [0, 0.05) is 49.2 Å². The van der Waals surface area contributed by atoms with E-state index in [0.717, 1.165) is 36.3 Å². The van der Waals surface area contributed by atoms with Gasteiger partial charge >= 0.3 is 11.9 Å². The molecule has 20 heteroatoms. The van der Waals surface area contributed by atoms with Crippen LogP contribution in [0.2, 0.25) is 0 Å². The number of nitrogens with one attached hydrogen (secondary N) is 4. The monoisotopic (exact) mass is 1040 g/mol. The number of hydrogen-bond donors (Lipinski definition) is 6. The molecular formula is C53H80N8O11S. The molecule has 1 aromatic heterocycles. The minimum absolute atomic E-state index is 0.00144. The first-order chi connectivity index (χ1) is 34.3. The number of likely N-dealkylation sites (N-methyl/N-ethyl adjacent to an activating group) is 1. The van der Waals surface area contributed by atoms with Crippen LogP contribution in [0.4, 0.5) is 5.69 Å². The number of aliphatic carboxylic acids is 1. The zero-order chi connectivity index (χ0) is 54.7. The van der Waals surface area contributed by atoms with Crippen LogP contribution in [0.1, 0.15) is 154 Å². The zero-order valence-electron chi connectivity index (χ0n) is 44.6. The van der Waals surface area contributed by atoms with Gasteiger partial charge in [0.05, 0.1) is 36.2 Å². The molecule has 5 amide bonds. The van der Waals surface area contributed by atoms with Crippen LogP contribution in [0.25, 0.3) is 0 Å². The second kappa shape index (κ2) is 29.2. The molecule has 2 heterocycles. The van der Waals surface area contributed by atoms with Crippen molar-refractivity contribution in [3.8, 4) is 12.3 Å². The molecule has 0 bridgehead atoms. The predicted octanol–water partition coefficient (Wildman–Crippen LogP) is 5.58. The number of esters is 1. The quantitative estimate of drug-likeness (QED) is 0.0252. The lowest BCUT2D eigenvalue weighted by Gasteiger charge is -2.39. The van der Waals surface area contributed by atoms with E-state index in [2.05, 4.69) is 32.2 Å². The molecule has 0 radical (unpaired) electrons. The van der Waals surface area contributed by atoms with Crippen molar-refractivity contribution < 1.29 is 53.0 Å². The minimum Gasteiger partial charge on any atom is -0.481 e. The number of carboxylic acids is 1. The van der Waals surface area contributed by atoms with Gasteiger partial charge in [-0.3, -0.25) is 48.1 Å². The number of ketones is 1. The van der Waals surface area contributed by atoms with Crippen LogP contribution in [-0.2, 0) is 49.6 Å². The summed E-state index contributed by atoms with van der Waals surface area (Å²) in [6, 6.07) is 2.46. The van der Waals surface area contributed by atoms with Crippen molar-refractivity contribution >= 4 is 64.3 Å². The highest BCUT2D eigenvalue weighted by Gasteiger charge is 2.40. The largest absolute Gasteiger partial charge is 0.481 e. The maximum atomic E-state index is 14.8. The SMILES string of the molecule is C#CCCCON(C(=O)[C@@H](NC(=O)[C@H]1CCCCN1C)[C@@H](C)CC)[C@H](C[C@@H](OC(C)=O)c1nc(C(=O)N[C@@H](Cc2ccc(NC(=O)[C@H](C)CC(=O)[C@@H](C)NC(=O)[C@H](C)N)cc2)CC(C)(C)C(=O)O)cs1)C(C)C. The molecule has 7 N–H and O–H groups in total. The molecule has 0 spiro atoms. The Morgan fingerprint density at radius 1 is 1.00 bits per heavy atom. The molecule has 0 saturated carbocycles. The van der Waals surface area contributed by atoms with Gasteiger partial charge in [-0.25, -0.2) is 10.0 Å². The van der Waals surface area contributed by atoms with E-state index in [0.29, 0.717) is 31.4 Å². The smallest absolute Gasteiger partial charge is 0.309 e. The van der Waals surface area contributed by atoms with Crippen LogP contribution in [0.3, 0.4) is 0 Å². The van der Waals surface area contributed by atoms with Gasteiger partial charge < -0.3 is 36.8 Å². The fourth-order valence-electron chi connectivity index (χ4n) is 8.34. The lowest BCUT2D eigenvalue weighted by atomic mass is 9.84. The third-order valence-electron chi connectivity index (χ3n) is 13.2. The Hall–Kier alpha value is -5.75. The summed E-state index contributed by atoms with van der Waals surface area (Å²) in [7, 11) is 1.90. The average molecular weight is 1040 g/mol. The molecule has 73 heavy (non-hydrogen) atoms. The standard InChI is InChI=1S/C53H80N8O11S/c1-13-15-18-25-71-61(51(68)45(32(5)14-2)59-49(67)41-19-16-17-24-60(41)12)42(31(3)4)28-44(72-36(9)62)50-58-40(30-73-50)48(66)57-39(29-53(10,11)52(69)70)27-37-20-22-38(23-21-37)56-46(64)33(6)26-43(63)35(8)55-47(65)34(7)54/h1,20-23,30-35,39,41-42,44-45H,14-19,24-29,54H2,2-12H3,(H,55,65)(H,56,64)(H,57,66)(H,59,67)(H,69,70)/t32-,33+,34-,35+,39-,41+,42+,44+,45-/m0/s1. The minimum atomic E-state index is -1.25. The number of nitrogens with zero attached hydrogens (tertiary/aromatic N) is 3. The molecule has 9 atom stereocenters. The summed E-state index contributed by atoms with van der Waals surface area (Å²) < 4.78 is 5.87. The summed E-state index contributed by atoms with van der Waals surface area (Å²) in [4.78, 5) is 118. The number of hydroxylamine groups is 2. The number of benzene rings is 1. The lowest BCUT2D eigenvalue weighted by molar-refractivity contribution is -0.213. The number of unbranched alkanes of at least 4 members (excludes halogenated alkanes) is 1. The Morgan fingerprint density at radius 3 is 2.25 bits per heavy atom. The van der Waals surface area contributed by atoms with Crippen LogP contribution < -0.4 is 27.0 Å². The number of Topliss-reactive ketones (excluding diaryl/α,β-unsaturated/α-hetero) is 1. The second-order valence-corrected chi connectivity index (χ2v) is 21.3. The number of ether oxygens (including phenoxy) is 1. The third kappa shape index (κ3) is 19.2. The first kappa shape index (κ1) is 61.5. The number of piperidine rings is 1. The molecule has 0 aliphatic carbocycles. The summed E-state index contributed by atoms with van der Waals surface area (Å²) in [5.74, 6) is -2.84. The lowest BCUT2D eigenvalue weighted by Crippen LogP contribution is -2.58. The summed E-state index contributed by atoms with van der Waals surface area (Å²) >= 11 is 1.08. The highest BCUT2D eigenvalue weighted by molar-refractivity contribution is 7.09. The van der Waals surface area contributed by atoms with Gasteiger partial charge in [0.25, 0.3) is 11.8 Å². The first-order valence-electron chi connectivity index (χ1n) is 25.3. The Kier molecular flexibility index (Phi) is 24.6. The van der Waals surface area contributed by atoms with E-state index in [9.17, 15) is 43.5 Å². The molecule has 19 nitrogen and oxygen atoms in total. The van der Waals surface area contributed by atoms with Gasteiger partial charge in [0.15, 0.2) is 11.9 Å². The summed E-state index contributed by atoms with van der Waals surface area (Å²) in [5, 5.41) is 24.5. The molecule has 1 saturated heterocycles. The van der Waals surface area contributed by atoms with E-state index in [-0.39, 0.29) is 72.6 Å². The van der Waals surface area contributed by atoms with E-state index in [1.807, 2.05) is 39.6 Å². The van der Waals surface area contributed by atoms with Crippen molar-refractivity contribution in [3.05, 3.63) is 45.9 Å². The molecular weight excluding hydrogens is 957 g/mol. The number of likely N-dealkylation sites (tertiary alicyclic amines) is 1. The van der Waals surface area contributed by atoms with Crippen LogP contribution in [0.15, 0.2) is 29.6 Å². The first-order valence-corrected chi connectivity index (χ1v) is 26.2. The van der Waals surface area contributed by atoms with Crippen LogP contribution in [0.5, 0.6) is 0 Å². The van der Waals surface area contributed by atoms with Crippen LogP contribution in [-0.4, -0.2) is 124 Å². The zero-order valence-corrected chi connectivity index (χ0v) is 45.4. The van der Waals surface area contributed by atoms with E-state index in [1.165, 1.54) is 31.2 Å². The van der Waals surface area contributed by atoms with E-state index < -0.39 is 83.2 Å². The number of amides is 5. The number of hydrogen-bond acceptors (Lipinski definition) is 14. The number of anilines is 1. The van der Waals surface area contributed by atoms with Gasteiger partial charge in [0.2, 0.25) is 17.7 Å². The van der Waals surface area contributed by atoms with Crippen molar-refractivity contribution in [2.24, 2.45) is 28.9 Å². The van der Waals surface area contributed by atoms with Crippen LogP contribution >= 0.6 is 11.3 Å². The third-order valence-corrected chi connectivity index (χ3v) is 14.1. The molecule has 1 aliphatic rings. The van der Waals surface area contributed by atoms with Gasteiger partial charge in [-0.05, 0) is 103 Å². The number of rotatable bonds is 29. The fraction of sp³-hybridized carbons (Fsp3) is 0.642. The van der Waals surface area contributed by atoms with Gasteiger partial charge in [-0.15, -0.1) is 23.7 Å². The topological polar surface area (TPSA) is 269 Å². The van der Waals surface area contributed by atoms with Gasteiger partial charge in [-0.1, -0.05) is 59.6 Å². The van der Waals surface area contributed by atoms with Crippen molar-refractivity contribution in [1.29, 1.82) is 0 Å². The molecule has 3 rings (SSSR count). The maximum absolute atomic E-state index is 14.8. The van der Waals surface area contributed by atoms with Crippen molar-refractivity contribution in [1.82, 2.24) is 30.9 Å². The van der Waals surface area contributed by atoms with E-state index in [4.69, 9.17) is 21.7 Å². The number of aromatic nitrogens is 1. The van der Waals surface area contributed by atoms with Gasteiger partial charge in [-0.2, -0.15) is 0 Å². The number of carbonyl (C=O) groups is 8. The summed E-state index contributed by atoms with van der Waals surface area (Å²) in [6.07, 6.45) is 8.65. The molecule has 1 aliphatic heterocycles. The Labute approximate surface area is 435 Å². The highest BCUT2D eigenvalue weighted by Crippen LogP contribution is 2.33. The van der Waals surface area contributed by atoms with Crippen LogP contribution in [0, 0.1) is 35.5 Å². The number of carbonyl (C=O) groups excluding carboxylic acids is 7. The number of thiazole rings is 1. The normalized spacial score (nSPS) is 17.3. The van der Waals surface area contributed by atoms with Gasteiger partial charge in [0.1, 0.15) is 16.7 Å². The van der Waals surface area contributed by atoms with Crippen molar-refractivity contribution in [3.63, 3.8) is 0 Å². The molecule has 404 valence electrons. The highest BCUT2D eigenvalue weighted by atomic mass is 32.1.